The standard InChI is InChI=1S/C19H28O6/c1-10(2)19(21)15-14-12(23-16(15)20)8-11(3)18(22-5)7-6-17(4,25-18)9-13(14)24-19/h8,10,12-15,21H,6-7,9H2,1-5H3/b11-8-/t12-,13-,14+,15?,17-,18+,19?/m1/s1. The molecular weight excluding hydrogens is 324 g/mol. The van der Waals surface area contributed by atoms with Gasteiger partial charge in [-0.1, -0.05) is 13.8 Å². The minimum atomic E-state index is -1.49. The number of fused-ring (bicyclic) bond motifs is 2. The van der Waals surface area contributed by atoms with Crippen LogP contribution in [-0.4, -0.2) is 47.6 Å². The second-order valence-corrected chi connectivity index (χ2v) is 8.58. The molecule has 2 bridgehead atoms. The Balaban J connectivity index is 1.81. The van der Waals surface area contributed by atoms with Gasteiger partial charge < -0.3 is 24.1 Å². The van der Waals surface area contributed by atoms with Gasteiger partial charge in [-0.15, -0.1) is 0 Å². The van der Waals surface area contributed by atoms with Crippen molar-refractivity contribution in [3.63, 3.8) is 0 Å². The second-order valence-electron chi connectivity index (χ2n) is 8.58. The number of carbonyl (C=O) groups excluding carboxylic acids is 1. The molecule has 0 aromatic heterocycles. The van der Waals surface area contributed by atoms with Gasteiger partial charge in [-0.3, -0.25) is 4.79 Å². The van der Waals surface area contributed by atoms with E-state index in [1.54, 1.807) is 7.11 Å². The van der Waals surface area contributed by atoms with Crippen molar-refractivity contribution < 1.29 is 28.8 Å². The zero-order chi connectivity index (χ0) is 18.2. The molecule has 0 saturated carbocycles. The van der Waals surface area contributed by atoms with Gasteiger partial charge in [0, 0.05) is 31.8 Å². The van der Waals surface area contributed by atoms with Crippen molar-refractivity contribution in [2.24, 2.45) is 17.8 Å². The first kappa shape index (κ1) is 17.5. The van der Waals surface area contributed by atoms with E-state index in [0.29, 0.717) is 6.42 Å². The van der Waals surface area contributed by atoms with Crippen molar-refractivity contribution in [3.8, 4) is 0 Å². The minimum Gasteiger partial charge on any atom is -0.457 e. The van der Waals surface area contributed by atoms with E-state index in [2.05, 4.69) is 6.92 Å². The van der Waals surface area contributed by atoms with Crippen LogP contribution in [-0.2, 0) is 23.7 Å². The van der Waals surface area contributed by atoms with Crippen LogP contribution in [0, 0.1) is 17.8 Å². The predicted octanol–water partition coefficient (Wildman–Crippen LogP) is 2.15. The molecule has 6 nitrogen and oxygen atoms in total. The van der Waals surface area contributed by atoms with Crippen LogP contribution in [0.3, 0.4) is 0 Å². The Hall–Kier alpha value is -0.950. The number of carbonyl (C=O) groups is 1. The fourth-order valence-electron chi connectivity index (χ4n) is 5.17. The van der Waals surface area contributed by atoms with Crippen LogP contribution in [0.5, 0.6) is 0 Å². The van der Waals surface area contributed by atoms with Crippen molar-refractivity contribution in [3.05, 3.63) is 11.6 Å². The largest absolute Gasteiger partial charge is 0.457 e. The van der Waals surface area contributed by atoms with Crippen LogP contribution in [0.2, 0.25) is 0 Å². The Labute approximate surface area is 148 Å². The first-order valence-electron chi connectivity index (χ1n) is 9.19. The number of hydrogen-bond donors (Lipinski definition) is 1. The van der Waals surface area contributed by atoms with E-state index in [0.717, 1.165) is 18.4 Å². The van der Waals surface area contributed by atoms with Gasteiger partial charge in [0.1, 0.15) is 12.0 Å². The molecule has 3 fully saturated rings. The highest BCUT2D eigenvalue weighted by Crippen LogP contribution is 2.55. The van der Waals surface area contributed by atoms with E-state index < -0.39 is 29.2 Å². The maximum Gasteiger partial charge on any atom is 0.315 e. The summed E-state index contributed by atoms with van der Waals surface area (Å²) >= 11 is 0. The maximum absolute atomic E-state index is 12.6. The van der Waals surface area contributed by atoms with E-state index >= 15 is 0 Å². The molecule has 0 aromatic carbocycles. The molecule has 0 amide bonds. The molecule has 3 saturated heterocycles. The Morgan fingerprint density at radius 3 is 2.72 bits per heavy atom. The molecule has 0 spiro atoms. The Kier molecular flexibility index (Phi) is 3.69. The zero-order valence-corrected chi connectivity index (χ0v) is 15.6. The molecule has 4 rings (SSSR count). The van der Waals surface area contributed by atoms with Gasteiger partial charge in [0.2, 0.25) is 0 Å². The highest BCUT2D eigenvalue weighted by Gasteiger charge is 2.67. The molecule has 2 unspecified atom stereocenters. The number of aliphatic hydroxyl groups is 1. The molecule has 1 N–H and O–H groups in total. The molecule has 4 heterocycles. The summed E-state index contributed by atoms with van der Waals surface area (Å²) < 4.78 is 24.0. The molecule has 6 heteroatoms. The van der Waals surface area contributed by atoms with Crippen molar-refractivity contribution in [2.45, 2.75) is 76.3 Å². The summed E-state index contributed by atoms with van der Waals surface area (Å²) in [7, 11) is 1.65. The molecule has 0 radical (unpaired) electrons. The lowest BCUT2D eigenvalue weighted by Crippen LogP contribution is -2.44. The van der Waals surface area contributed by atoms with Gasteiger partial charge in [-0.25, -0.2) is 0 Å². The SMILES string of the molecule is CO[C@]12CC[C@](C)(C[C@H]3OC(O)(C(C)C)C4C(=O)O[C@H](/C=C\1C)[C@H]43)O2. The van der Waals surface area contributed by atoms with Gasteiger partial charge in [0.15, 0.2) is 11.6 Å². The van der Waals surface area contributed by atoms with E-state index in [1.165, 1.54) is 0 Å². The molecule has 4 aliphatic rings. The first-order chi connectivity index (χ1) is 11.6. The lowest BCUT2D eigenvalue weighted by atomic mass is 9.77. The summed E-state index contributed by atoms with van der Waals surface area (Å²) in [4.78, 5) is 12.6. The lowest BCUT2D eigenvalue weighted by Gasteiger charge is -2.34. The van der Waals surface area contributed by atoms with Crippen LogP contribution in [0.15, 0.2) is 11.6 Å². The van der Waals surface area contributed by atoms with Crippen LogP contribution in [0.4, 0.5) is 0 Å². The number of rotatable bonds is 2. The van der Waals surface area contributed by atoms with Gasteiger partial charge in [-0.2, -0.15) is 0 Å². The van der Waals surface area contributed by atoms with Crippen molar-refractivity contribution in [2.75, 3.05) is 7.11 Å². The summed E-state index contributed by atoms with van der Waals surface area (Å²) in [6.07, 6.45) is 3.40. The zero-order valence-electron chi connectivity index (χ0n) is 15.6. The number of methoxy groups -OCH3 is 1. The molecule has 140 valence electrons. The average Bonchev–Trinajstić information content (AvgIpc) is 3.14. The quantitative estimate of drug-likeness (QED) is 0.606. The predicted molar refractivity (Wildman–Crippen MR) is 88.4 cm³/mol. The summed E-state index contributed by atoms with van der Waals surface area (Å²) in [6.45, 7) is 7.76. The normalized spacial score (nSPS) is 53.7. The molecule has 4 aliphatic heterocycles. The number of ether oxygens (including phenoxy) is 4. The van der Waals surface area contributed by atoms with E-state index in [1.807, 2.05) is 26.8 Å². The molecule has 7 atom stereocenters. The summed E-state index contributed by atoms with van der Waals surface area (Å²) in [5, 5.41) is 11.1. The van der Waals surface area contributed by atoms with Crippen molar-refractivity contribution in [1.29, 1.82) is 0 Å². The fourth-order valence-corrected chi connectivity index (χ4v) is 5.17. The Morgan fingerprint density at radius 2 is 2.08 bits per heavy atom. The Bertz CT molecular complexity index is 629. The molecule has 25 heavy (non-hydrogen) atoms. The van der Waals surface area contributed by atoms with Gasteiger partial charge in [0.25, 0.3) is 0 Å². The van der Waals surface area contributed by atoms with Crippen molar-refractivity contribution >= 4 is 5.97 Å². The van der Waals surface area contributed by atoms with Crippen LogP contribution >= 0.6 is 0 Å². The van der Waals surface area contributed by atoms with Crippen LogP contribution < -0.4 is 0 Å². The van der Waals surface area contributed by atoms with Crippen molar-refractivity contribution in [1.82, 2.24) is 0 Å². The van der Waals surface area contributed by atoms with E-state index in [4.69, 9.17) is 18.9 Å². The molecule has 0 aromatic rings. The van der Waals surface area contributed by atoms with E-state index in [-0.39, 0.29) is 23.9 Å². The third-order valence-electron chi connectivity index (χ3n) is 6.68. The summed E-state index contributed by atoms with van der Waals surface area (Å²) in [5.41, 5.74) is 0.487. The average molecular weight is 352 g/mol. The van der Waals surface area contributed by atoms with Gasteiger partial charge in [0.05, 0.1) is 11.7 Å². The van der Waals surface area contributed by atoms with E-state index in [9.17, 15) is 9.90 Å². The highest BCUT2D eigenvalue weighted by atomic mass is 16.7. The summed E-state index contributed by atoms with van der Waals surface area (Å²) in [6, 6.07) is 0. The molecule has 0 aliphatic carbocycles. The van der Waals surface area contributed by atoms with Gasteiger partial charge in [-0.05, 0) is 31.9 Å². The Morgan fingerprint density at radius 1 is 1.36 bits per heavy atom. The molecular formula is C19H28O6. The fraction of sp³-hybridized carbons (Fsp3) is 0.842. The highest BCUT2D eigenvalue weighted by molar-refractivity contribution is 5.77. The van der Waals surface area contributed by atoms with Gasteiger partial charge >= 0.3 is 5.97 Å². The number of hydrogen-bond acceptors (Lipinski definition) is 6. The van der Waals surface area contributed by atoms with Crippen LogP contribution in [0.1, 0.15) is 47.0 Å². The summed E-state index contributed by atoms with van der Waals surface area (Å²) in [5.74, 6) is -3.71. The smallest absolute Gasteiger partial charge is 0.315 e. The minimum absolute atomic E-state index is 0.205. The third-order valence-corrected chi connectivity index (χ3v) is 6.68. The second kappa shape index (κ2) is 5.28. The first-order valence-corrected chi connectivity index (χ1v) is 9.19. The number of esters is 1. The van der Waals surface area contributed by atoms with Crippen LogP contribution in [0.25, 0.3) is 0 Å². The topological polar surface area (TPSA) is 74.2 Å². The lowest BCUT2D eigenvalue weighted by molar-refractivity contribution is -0.253. The third kappa shape index (κ3) is 2.27. The maximum atomic E-state index is 12.6. The monoisotopic (exact) mass is 352 g/mol.